The quantitative estimate of drug-likeness (QED) is 0.405. The highest BCUT2D eigenvalue weighted by molar-refractivity contribution is 7.99. The van der Waals surface area contributed by atoms with Crippen molar-refractivity contribution in [3.05, 3.63) is 58.1 Å². The number of amides is 1. The molecule has 148 valence electrons. The lowest BCUT2D eigenvalue weighted by molar-refractivity contribution is -0.113. The van der Waals surface area contributed by atoms with Gasteiger partial charge in [-0.3, -0.25) is 4.79 Å². The first-order valence-corrected chi connectivity index (χ1v) is 10.4. The largest absolute Gasteiger partial charge is 0.453 e. The lowest BCUT2D eigenvalue weighted by Crippen LogP contribution is -2.15. The third-order valence-electron chi connectivity index (χ3n) is 4.33. The molecule has 0 atom stereocenters. The van der Waals surface area contributed by atoms with Gasteiger partial charge in [0.25, 0.3) is 0 Å². The second-order valence-electron chi connectivity index (χ2n) is 6.45. The average molecular weight is 447 g/mol. The van der Waals surface area contributed by atoms with E-state index in [1.807, 2.05) is 32.2 Å². The van der Waals surface area contributed by atoms with Crippen molar-refractivity contribution >= 4 is 57.5 Å². The molecule has 0 saturated carbocycles. The van der Waals surface area contributed by atoms with E-state index >= 15 is 0 Å². The summed E-state index contributed by atoms with van der Waals surface area (Å²) in [6.07, 6.45) is 0. The minimum absolute atomic E-state index is 0.136. The molecule has 1 amide bonds. The Kier molecular flexibility index (Phi) is 5.54. The smallest absolute Gasteiger partial charge is 0.234 e. The highest BCUT2D eigenvalue weighted by Crippen LogP contribution is 2.30. The number of nitrogens with zero attached hydrogens (tertiary/aromatic N) is 3. The summed E-state index contributed by atoms with van der Waals surface area (Å²) in [5.41, 5.74) is 2.36. The summed E-state index contributed by atoms with van der Waals surface area (Å²) in [6, 6.07) is 12.6. The number of rotatable bonds is 5. The van der Waals surface area contributed by atoms with Gasteiger partial charge in [-0.2, -0.15) is 0 Å². The van der Waals surface area contributed by atoms with Gasteiger partial charge in [0.1, 0.15) is 5.58 Å². The Bertz CT molecular complexity index is 1220. The summed E-state index contributed by atoms with van der Waals surface area (Å²) in [6.45, 7) is 1.89. The number of thioether (sulfide) groups is 1. The number of halogens is 2. The maximum Gasteiger partial charge on any atom is 0.234 e. The van der Waals surface area contributed by atoms with Crippen LogP contribution >= 0.6 is 35.0 Å². The first-order valence-electron chi connectivity index (χ1n) is 8.68. The van der Waals surface area contributed by atoms with Crippen molar-refractivity contribution in [3.8, 4) is 11.6 Å². The molecule has 1 N–H and O–H groups in total. The number of hydrogen-bond donors (Lipinski definition) is 1. The van der Waals surface area contributed by atoms with Gasteiger partial charge in [-0.1, -0.05) is 35.0 Å². The molecule has 2 aromatic carbocycles. The Hall–Kier alpha value is -2.48. The van der Waals surface area contributed by atoms with Crippen molar-refractivity contribution in [1.82, 2.24) is 14.8 Å². The zero-order valence-electron chi connectivity index (χ0n) is 15.6. The number of nitrogens with one attached hydrogen (secondary N) is 1. The number of benzene rings is 2. The number of carbonyl (C=O) groups excluding carboxylic acids is 1. The SMILES string of the molecule is Cc1cc(Cl)ccc1NC(=O)CSc1nnc(-c2cc3cc(Cl)ccc3o2)n1C. The van der Waals surface area contributed by atoms with E-state index in [-0.39, 0.29) is 11.7 Å². The summed E-state index contributed by atoms with van der Waals surface area (Å²) in [5, 5.41) is 14.0. The number of furan rings is 1. The first kappa shape index (κ1) is 19.8. The van der Waals surface area contributed by atoms with Crippen molar-refractivity contribution in [3.63, 3.8) is 0 Å². The summed E-state index contributed by atoms with van der Waals surface area (Å²) in [7, 11) is 1.83. The fourth-order valence-electron chi connectivity index (χ4n) is 2.86. The van der Waals surface area contributed by atoms with Crippen LogP contribution in [0.4, 0.5) is 5.69 Å². The minimum atomic E-state index is -0.136. The van der Waals surface area contributed by atoms with E-state index < -0.39 is 0 Å². The van der Waals surface area contributed by atoms with Crippen molar-refractivity contribution in [2.45, 2.75) is 12.1 Å². The van der Waals surface area contributed by atoms with Crippen LogP contribution in [0.1, 0.15) is 5.56 Å². The fourth-order valence-corrected chi connectivity index (χ4v) is 3.98. The second-order valence-corrected chi connectivity index (χ2v) is 8.27. The minimum Gasteiger partial charge on any atom is -0.453 e. The predicted octanol–water partition coefficient (Wildman–Crippen LogP) is 5.57. The summed E-state index contributed by atoms with van der Waals surface area (Å²) in [5.74, 6) is 1.23. The van der Waals surface area contributed by atoms with Gasteiger partial charge < -0.3 is 14.3 Å². The van der Waals surface area contributed by atoms with Crippen LogP contribution in [-0.4, -0.2) is 26.4 Å². The van der Waals surface area contributed by atoms with Gasteiger partial charge >= 0.3 is 0 Å². The normalized spacial score (nSPS) is 11.2. The average Bonchev–Trinajstić information content (AvgIpc) is 3.25. The molecule has 0 aliphatic heterocycles. The Balaban J connectivity index is 1.46. The standard InChI is InChI=1S/C20H16Cl2N4O2S/c1-11-7-13(21)3-5-15(11)23-18(27)10-29-20-25-24-19(26(20)2)17-9-12-8-14(22)4-6-16(12)28-17/h3-9H,10H2,1-2H3,(H,23,27). The molecule has 0 unspecified atom stereocenters. The van der Waals surface area contributed by atoms with Gasteiger partial charge in [0.05, 0.1) is 5.75 Å². The van der Waals surface area contributed by atoms with E-state index in [0.29, 0.717) is 26.8 Å². The molecule has 2 heterocycles. The van der Waals surface area contributed by atoms with E-state index in [2.05, 4.69) is 15.5 Å². The number of fused-ring (bicyclic) bond motifs is 1. The van der Waals surface area contributed by atoms with Gasteiger partial charge in [-0.15, -0.1) is 10.2 Å². The van der Waals surface area contributed by atoms with Crippen LogP contribution in [0.3, 0.4) is 0 Å². The summed E-state index contributed by atoms with van der Waals surface area (Å²) < 4.78 is 7.65. The summed E-state index contributed by atoms with van der Waals surface area (Å²) in [4.78, 5) is 12.3. The van der Waals surface area contributed by atoms with Gasteiger partial charge in [-0.25, -0.2) is 0 Å². The van der Waals surface area contributed by atoms with Crippen LogP contribution in [0.5, 0.6) is 0 Å². The number of aromatic nitrogens is 3. The van der Waals surface area contributed by atoms with Crippen LogP contribution in [0.2, 0.25) is 10.0 Å². The number of carbonyl (C=O) groups is 1. The predicted molar refractivity (Wildman–Crippen MR) is 117 cm³/mol. The number of anilines is 1. The fraction of sp³-hybridized carbons (Fsp3) is 0.150. The number of hydrogen-bond acceptors (Lipinski definition) is 5. The Morgan fingerprint density at radius 1 is 1.14 bits per heavy atom. The monoisotopic (exact) mass is 446 g/mol. The third kappa shape index (κ3) is 4.27. The first-order chi connectivity index (χ1) is 13.9. The highest BCUT2D eigenvalue weighted by atomic mass is 35.5. The molecule has 6 nitrogen and oxygen atoms in total. The lowest BCUT2D eigenvalue weighted by Gasteiger charge is -2.08. The molecule has 0 fully saturated rings. The molecule has 0 spiro atoms. The molecule has 9 heteroatoms. The van der Waals surface area contributed by atoms with Crippen LogP contribution in [0, 0.1) is 6.92 Å². The van der Waals surface area contributed by atoms with E-state index in [0.717, 1.165) is 22.2 Å². The zero-order chi connectivity index (χ0) is 20.5. The maximum atomic E-state index is 12.3. The highest BCUT2D eigenvalue weighted by Gasteiger charge is 2.17. The Morgan fingerprint density at radius 2 is 1.90 bits per heavy atom. The topological polar surface area (TPSA) is 73.0 Å². The van der Waals surface area contributed by atoms with E-state index in [1.165, 1.54) is 11.8 Å². The molecule has 0 radical (unpaired) electrons. The van der Waals surface area contributed by atoms with Crippen LogP contribution in [0.25, 0.3) is 22.6 Å². The van der Waals surface area contributed by atoms with Gasteiger partial charge in [0.15, 0.2) is 16.7 Å². The van der Waals surface area contributed by atoms with Gasteiger partial charge in [0, 0.05) is 28.2 Å². The molecular formula is C20H16Cl2N4O2S. The van der Waals surface area contributed by atoms with E-state index in [1.54, 1.807) is 28.8 Å². The molecule has 0 aliphatic rings. The molecule has 2 aromatic heterocycles. The molecule has 4 aromatic rings. The number of aryl methyl sites for hydroxylation is 1. The van der Waals surface area contributed by atoms with Gasteiger partial charge in [-0.05, 0) is 55.0 Å². The molecule has 4 rings (SSSR count). The van der Waals surface area contributed by atoms with Crippen LogP contribution in [-0.2, 0) is 11.8 Å². The molecule has 0 bridgehead atoms. The van der Waals surface area contributed by atoms with Crippen molar-refractivity contribution < 1.29 is 9.21 Å². The Labute approximate surface area is 181 Å². The Morgan fingerprint density at radius 3 is 2.69 bits per heavy atom. The van der Waals surface area contributed by atoms with Crippen molar-refractivity contribution in [2.75, 3.05) is 11.1 Å². The van der Waals surface area contributed by atoms with E-state index in [9.17, 15) is 4.79 Å². The maximum absolute atomic E-state index is 12.3. The van der Waals surface area contributed by atoms with E-state index in [4.69, 9.17) is 27.6 Å². The summed E-state index contributed by atoms with van der Waals surface area (Å²) >= 11 is 13.3. The molecule has 29 heavy (non-hydrogen) atoms. The van der Waals surface area contributed by atoms with Crippen LogP contribution < -0.4 is 5.32 Å². The molecular weight excluding hydrogens is 431 g/mol. The van der Waals surface area contributed by atoms with Gasteiger partial charge in [0.2, 0.25) is 5.91 Å². The van der Waals surface area contributed by atoms with Crippen LogP contribution in [0.15, 0.2) is 52.0 Å². The second kappa shape index (κ2) is 8.10. The molecule has 0 saturated heterocycles. The zero-order valence-corrected chi connectivity index (χ0v) is 17.9. The lowest BCUT2D eigenvalue weighted by atomic mass is 10.2. The molecule has 0 aliphatic carbocycles. The van der Waals surface area contributed by atoms with Crippen molar-refractivity contribution in [2.24, 2.45) is 7.05 Å². The third-order valence-corrected chi connectivity index (χ3v) is 5.82. The van der Waals surface area contributed by atoms with Crippen molar-refractivity contribution in [1.29, 1.82) is 0 Å².